The molecule has 4 rings (SSSR count). The van der Waals surface area contributed by atoms with Crippen LogP contribution in [0.1, 0.15) is 48.6 Å². The molecule has 6 heteroatoms. The predicted octanol–water partition coefficient (Wildman–Crippen LogP) is 5.13. The van der Waals surface area contributed by atoms with Gasteiger partial charge in [0.2, 0.25) is 0 Å². The number of aryl methyl sites for hydroxylation is 1. The Bertz CT molecular complexity index is 1080. The van der Waals surface area contributed by atoms with Crippen molar-refractivity contribution in [1.82, 2.24) is 19.8 Å². The molecular weight excluding hydrogens is 404 g/mol. The number of rotatable bonds is 6. The van der Waals surface area contributed by atoms with Crippen LogP contribution in [0.15, 0.2) is 54.7 Å². The molecule has 162 valence electrons. The zero-order valence-electron chi connectivity index (χ0n) is 18.8. The zero-order valence-corrected chi connectivity index (χ0v) is 19.6. The Morgan fingerprint density at radius 2 is 1.94 bits per heavy atom. The molecule has 0 unspecified atom stereocenters. The fraction of sp³-hybridized carbons (Fsp3) is 0.360. The molecule has 0 bridgehead atoms. The number of aromatic nitrogens is 2. The van der Waals surface area contributed by atoms with Gasteiger partial charge >= 0.3 is 0 Å². The van der Waals surface area contributed by atoms with Crippen LogP contribution >= 0.6 is 12.2 Å². The van der Waals surface area contributed by atoms with E-state index in [0.29, 0.717) is 5.92 Å². The topological polar surface area (TPSA) is 42.3 Å². The molecule has 0 radical (unpaired) electrons. The van der Waals surface area contributed by atoms with E-state index in [1.165, 1.54) is 17.0 Å². The summed E-state index contributed by atoms with van der Waals surface area (Å²) in [5.74, 6) is 1.34. The summed E-state index contributed by atoms with van der Waals surface area (Å²) in [5, 5.41) is 4.35. The molecule has 1 N–H and O–H groups in total. The van der Waals surface area contributed by atoms with Gasteiger partial charge in [0.15, 0.2) is 5.11 Å². The van der Waals surface area contributed by atoms with E-state index in [1.54, 1.807) is 7.11 Å². The maximum atomic E-state index is 5.79. The highest BCUT2D eigenvalue weighted by molar-refractivity contribution is 7.80. The van der Waals surface area contributed by atoms with Gasteiger partial charge < -0.3 is 19.5 Å². The van der Waals surface area contributed by atoms with Crippen LogP contribution < -0.4 is 10.1 Å². The average Bonchev–Trinajstić information content (AvgIpc) is 3.23. The highest BCUT2D eigenvalue weighted by Gasteiger charge is 2.41. The van der Waals surface area contributed by atoms with Crippen LogP contribution in [0.25, 0.3) is 5.69 Å². The lowest BCUT2D eigenvalue weighted by atomic mass is 9.96. The van der Waals surface area contributed by atoms with Crippen LogP contribution in [-0.4, -0.2) is 33.2 Å². The zero-order chi connectivity index (χ0) is 22.1. The van der Waals surface area contributed by atoms with Gasteiger partial charge in [-0.2, -0.15) is 0 Å². The number of pyridine rings is 1. The van der Waals surface area contributed by atoms with Crippen LogP contribution in [0.5, 0.6) is 5.75 Å². The molecule has 1 aliphatic rings. The second kappa shape index (κ2) is 8.71. The number of methoxy groups -OCH3 is 1. The SMILES string of the molecule is COc1cccc(-n2c(C)cc([C@@H]3[C@H](c4ccccn4)NC(=S)N3CC(C)C)c2C)c1. The van der Waals surface area contributed by atoms with Crippen molar-refractivity contribution < 1.29 is 4.74 Å². The van der Waals surface area contributed by atoms with Gasteiger partial charge in [-0.15, -0.1) is 0 Å². The first kappa shape index (κ1) is 21.4. The van der Waals surface area contributed by atoms with Crippen LogP contribution in [0.4, 0.5) is 0 Å². The van der Waals surface area contributed by atoms with Gasteiger partial charge in [-0.05, 0) is 67.9 Å². The smallest absolute Gasteiger partial charge is 0.170 e. The minimum atomic E-state index is 0.00621. The van der Waals surface area contributed by atoms with E-state index in [-0.39, 0.29) is 12.1 Å². The van der Waals surface area contributed by atoms with Crippen molar-refractivity contribution in [1.29, 1.82) is 0 Å². The van der Waals surface area contributed by atoms with Crippen molar-refractivity contribution in [3.8, 4) is 11.4 Å². The first-order chi connectivity index (χ1) is 14.9. The van der Waals surface area contributed by atoms with E-state index in [4.69, 9.17) is 17.0 Å². The second-order valence-corrected chi connectivity index (χ2v) is 8.92. The Morgan fingerprint density at radius 3 is 2.61 bits per heavy atom. The van der Waals surface area contributed by atoms with E-state index in [0.717, 1.165) is 28.8 Å². The van der Waals surface area contributed by atoms with Gasteiger partial charge in [-0.1, -0.05) is 26.0 Å². The van der Waals surface area contributed by atoms with Crippen molar-refractivity contribution >= 4 is 17.3 Å². The minimum Gasteiger partial charge on any atom is -0.497 e. The normalized spacial score (nSPS) is 18.5. The molecule has 0 aliphatic carbocycles. The average molecular weight is 435 g/mol. The fourth-order valence-electron chi connectivity index (χ4n) is 4.57. The van der Waals surface area contributed by atoms with Crippen LogP contribution in [-0.2, 0) is 0 Å². The number of thiocarbonyl (C=S) groups is 1. The lowest BCUT2D eigenvalue weighted by molar-refractivity contribution is 0.287. The largest absolute Gasteiger partial charge is 0.497 e. The van der Waals surface area contributed by atoms with Crippen molar-refractivity contribution in [3.63, 3.8) is 0 Å². The monoisotopic (exact) mass is 434 g/mol. The molecule has 0 saturated carbocycles. The molecular formula is C25H30N4OS. The van der Waals surface area contributed by atoms with Crippen molar-refractivity contribution in [2.75, 3.05) is 13.7 Å². The van der Waals surface area contributed by atoms with Crippen molar-refractivity contribution in [2.45, 2.75) is 39.8 Å². The standard InChI is InChI=1S/C25H30N4OS/c1-16(2)15-28-24(23(27-25(28)31)22-11-6-7-12-26-22)21-13-17(3)29(18(21)4)19-9-8-10-20(14-19)30-5/h6-14,16,23-24H,15H2,1-5H3,(H,27,31)/t23-,24+/m0/s1. The molecule has 1 aliphatic heterocycles. The Kier molecular flexibility index (Phi) is 6.01. The van der Waals surface area contributed by atoms with Gasteiger partial charge in [0.25, 0.3) is 0 Å². The Balaban J connectivity index is 1.83. The summed E-state index contributed by atoms with van der Waals surface area (Å²) in [4.78, 5) is 6.98. The highest BCUT2D eigenvalue weighted by atomic mass is 32.1. The highest BCUT2D eigenvalue weighted by Crippen LogP contribution is 2.41. The Morgan fingerprint density at radius 1 is 1.13 bits per heavy atom. The predicted molar refractivity (Wildman–Crippen MR) is 129 cm³/mol. The summed E-state index contributed by atoms with van der Waals surface area (Å²) in [6.45, 7) is 9.69. The van der Waals surface area contributed by atoms with E-state index in [9.17, 15) is 0 Å². The summed E-state index contributed by atoms with van der Waals surface area (Å²) in [7, 11) is 1.70. The molecule has 1 aromatic carbocycles. The summed E-state index contributed by atoms with van der Waals surface area (Å²) in [6.07, 6.45) is 1.85. The molecule has 2 aromatic heterocycles. The van der Waals surface area contributed by atoms with E-state index in [1.807, 2.05) is 30.5 Å². The quantitative estimate of drug-likeness (QED) is 0.545. The first-order valence-electron chi connectivity index (χ1n) is 10.7. The third kappa shape index (κ3) is 4.04. The summed E-state index contributed by atoms with van der Waals surface area (Å²) in [6, 6.07) is 16.6. The molecule has 3 heterocycles. The van der Waals surface area contributed by atoms with E-state index >= 15 is 0 Å². The fourth-order valence-corrected chi connectivity index (χ4v) is 4.88. The molecule has 3 aromatic rings. The van der Waals surface area contributed by atoms with Gasteiger partial charge in [0, 0.05) is 35.9 Å². The molecule has 1 saturated heterocycles. The van der Waals surface area contributed by atoms with Gasteiger partial charge in [0.1, 0.15) is 5.75 Å². The minimum absolute atomic E-state index is 0.00621. The summed E-state index contributed by atoms with van der Waals surface area (Å²) in [5.41, 5.74) is 5.76. The molecule has 0 amide bonds. The van der Waals surface area contributed by atoms with Gasteiger partial charge in [0.05, 0.1) is 24.9 Å². The Labute approximate surface area is 190 Å². The maximum absolute atomic E-state index is 5.79. The summed E-state index contributed by atoms with van der Waals surface area (Å²) >= 11 is 5.79. The van der Waals surface area contributed by atoms with E-state index < -0.39 is 0 Å². The lowest BCUT2D eigenvalue weighted by Gasteiger charge is -2.29. The molecule has 0 spiro atoms. The molecule has 2 atom stereocenters. The number of nitrogens with one attached hydrogen (secondary N) is 1. The first-order valence-corrected chi connectivity index (χ1v) is 11.1. The number of nitrogens with zero attached hydrogens (tertiary/aromatic N) is 3. The van der Waals surface area contributed by atoms with Crippen LogP contribution in [0, 0.1) is 19.8 Å². The number of hydrogen-bond donors (Lipinski definition) is 1. The van der Waals surface area contributed by atoms with Crippen LogP contribution in [0.3, 0.4) is 0 Å². The molecule has 1 fully saturated rings. The lowest BCUT2D eigenvalue weighted by Crippen LogP contribution is -2.33. The van der Waals surface area contributed by atoms with E-state index in [2.05, 4.69) is 71.7 Å². The number of ether oxygens (including phenoxy) is 1. The molecule has 31 heavy (non-hydrogen) atoms. The third-order valence-electron chi connectivity index (χ3n) is 5.86. The van der Waals surface area contributed by atoms with Gasteiger partial charge in [-0.3, -0.25) is 4.98 Å². The number of hydrogen-bond acceptors (Lipinski definition) is 3. The molecule has 5 nitrogen and oxygen atoms in total. The van der Waals surface area contributed by atoms with Crippen molar-refractivity contribution in [2.24, 2.45) is 5.92 Å². The number of benzene rings is 1. The van der Waals surface area contributed by atoms with Crippen molar-refractivity contribution in [3.05, 3.63) is 77.4 Å². The third-order valence-corrected chi connectivity index (χ3v) is 6.21. The maximum Gasteiger partial charge on any atom is 0.170 e. The van der Waals surface area contributed by atoms with Gasteiger partial charge in [-0.25, -0.2) is 0 Å². The second-order valence-electron chi connectivity index (χ2n) is 8.54. The van der Waals surface area contributed by atoms with Crippen LogP contribution in [0.2, 0.25) is 0 Å². The summed E-state index contributed by atoms with van der Waals surface area (Å²) < 4.78 is 7.75. The Hall–Kier alpha value is -2.86.